The van der Waals surface area contributed by atoms with Crippen LogP contribution in [0.25, 0.3) is 0 Å². The highest BCUT2D eigenvalue weighted by Gasteiger charge is 2.12. The monoisotopic (exact) mass is 189 g/mol. The van der Waals surface area contributed by atoms with Crippen LogP contribution in [0.4, 0.5) is 0 Å². The average Bonchev–Trinajstić information content (AvgIpc) is 1.84. The fourth-order valence-corrected chi connectivity index (χ4v) is 1.41. The molecule has 0 bridgehead atoms. The van der Waals surface area contributed by atoms with Gasteiger partial charge >= 0.3 is 0 Å². The summed E-state index contributed by atoms with van der Waals surface area (Å²) in [5, 5.41) is 2.93. The van der Waals surface area contributed by atoms with Crippen molar-refractivity contribution in [1.82, 2.24) is 5.32 Å². The van der Waals surface area contributed by atoms with Gasteiger partial charge in [0.15, 0.2) is 0 Å². The van der Waals surface area contributed by atoms with Crippen LogP contribution < -0.4 is 5.32 Å². The highest BCUT2D eigenvalue weighted by atomic mass is 32.2. The van der Waals surface area contributed by atoms with Gasteiger partial charge in [0.25, 0.3) is 0 Å². The van der Waals surface area contributed by atoms with Crippen LogP contribution in [0, 0.1) is 0 Å². The first kappa shape index (κ1) is 11.8. The molecule has 0 aliphatic rings. The summed E-state index contributed by atoms with van der Waals surface area (Å²) in [5.74, 6) is 2.17. The van der Waals surface area contributed by atoms with Crippen LogP contribution in [0.1, 0.15) is 34.1 Å². The van der Waals surface area contributed by atoms with Gasteiger partial charge in [-0.25, -0.2) is 0 Å². The predicted molar refractivity (Wildman–Crippen MR) is 55.5 cm³/mol. The van der Waals surface area contributed by atoms with E-state index in [1.807, 2.05) is 20.8 Å². The number of carbonyl (C=O) groups is 1. The van der Waals surface area contributed by atoms with Crippen molar-refractivity contribution in [2.45, 2.75) is 39.7 Å². The Bertz CT molecular complexity index is 140. The Morgan fingerprint density at radius 2 is 2.00 bits per heavy atom. The lowest BCUT2D eigenvalue weighted by Crippen LogP contribution is -2.40. The van der Waals surface area contributed by atoms with E-state index in [0.717, 1.165) is 11.5 Å². The van der Waals surface area contributed by atoms with E-state index in [4.69, 9.17) is 0 Å². The molecule has 0 aliphatic carbocycles. The van der Waals surface area contributed by atoms with E-state index in [0.29, 0.717) is 6.42 Å². The van der Waals surface area contributed by atoms with Crippen molar-refractivity contribution in [3.8, 4) is 0 Å². The maximum absolute atomic E-state index is 11.2. The first-order valence-electron chi connectivity index (χ1n) is 4.34. The summed E-state index contributed by atoms with van der Waals surface area (Å²) >= 11 is 1.80. The first-order valence-corrected chi connectivity index (χ1v) is 5.50. The molecular formula is C9H19NOS. The summed E-state index contributed by atoms with van der Waals surface area (Å²) in [6.45, 7) is 8.10. The molecule has 3 heteroatoms. The Hall–Kier alpha value is -0.180. The molecule has 0 rings (SSSR count). The van der Waals surface area contributed by atoms with E-state index in [2.05, 4.69) is 12.2 Å². The second-order valence-corrected chi connectivity index (χ2v) is 5.14. The zero-order chi connectivity index (χ0) is 9.61. The molecule has 0 radical (unpaired) electrons. The quantitative estimate of drug-likeness (QED) is 0.686. The van der Waals surface area contributed by atoms with Crippen LogP contribution in [-0.2, 0) is 4.79 Å². The molecule has 0 atom stereocenters. The van der Waals surface area contributed by atoms with E-state index in [-0.39, 0.29) is 11.4 Å². The summed E-state index contributed by atoms with van der Waals surface area (Å²) in [5.41, 5.74) is -0.0893. The molecule has 0 aromatic heterocycles. The topological polar surface area (TPSA) is 29.1 Å². The minimum absolute atomic E-state index is 0.0893. The summed E-state index contributed by atoms with van der Waals surface area (Å²) in [6, 6.07) is 0. The fourth-order valence-electron chi connectivity index (χ4n) is 0.790. The van der Waals surface area contributed by atoms with Crippen LogP contribution in [0.15, 0.2) is 0 Å². The Balaban J connectivity index is 3.47. The van der Waals surface area contributed by atoms with Gasteiger partial charge in [0, 0.05) is 17.7 Å². The molecular weight excluding hydrogens is 170 g/mol. The van der Waals surface area contributed by atoms with Crippen molar-refractivity contribution in [3.05, 3.63) is 0 Å². The molecule has 0 heterocycles. The molecule has 0 saturated carbocycles. The van der Waals surface area contributed by atoms with Gasteiger partial charge in [0.2, 0.25) is 5.91 Å². The van der Waals surface area contributed by atoms with Gasteiger partial charge in [-0.15, -0.1) is 0 Å². The maximum Gasteiger partial charge on any atom is 0.221 e. The standard InChI is InChI=1S/C9H19NOS/c1-5-12-7-6-8(11)10-9(2,3)4/h5-7H2,1-4H3,(H,10,11). The SMILES string of the molecule is CCSCCC(=O)NC(C)(C)C. The third-order valence-corrected chi connectivity index (χ3v) is 2.09. The van der Waals surface area contributed by atoms with Gasteiger partial charge in [0.1, 0.15) is 0 Å². The van der Waals surface area contributed by atoms with Gasteiger partial charge < -0.3 is 5.32 Å². The fraction of sp³-hybridized carbons (Fsp3) is 0.889. The molecule has 0 aromatic rings. The number of carbonyl (C=O) groups excluding carboxylic acids is 1. The number of rotatable bonds is 4. The van der Waals surface area contributed by atoms with Gasteiger partial charge in [-0.05, 0) is 26.5 Å². The Morgan fingerprint density at radius 1 is 1.42 bits per heavy atom. The lowest BCUT2D eigenvalue weighted by Gasteiger charge is -2.20. The number of hydrogen-bond acceptors (Lipinski definition) is 2. The van der Waals surface area contributed by atoms with Crippen molar-refractivity contribution < 1.29 is 4.79 Å². The second kappa shape index (κ2) is 5.46. The van der Waals surface area contributed by atoms with Crippen molar-refractivity contribution in [2.75, 3.05) is 11.5 Å². The van der Waals surface area contributed by atoms with E-state index >= 15 is 0 Å². The van der Waals surface area contributed by atoms with Crippen molar-refractivity contribution in [1.29, 1.82) is 0 Å². The van der Waals surface area contributed by atoms with Gasteiger partial charge in [0.05, 0.1) is 0 Å². The normalized spacial score (nSPS) is 11.3. The summed E-state index contributed by atoms with van der Waals surface area (Å²) < 4.78 is 0. The average molecular weight is 189 g/mol. The highest BCUT2D eigenvalue weighted by Crippen LogP contribution is 2.03. The van der Waals surface area contributed by atoms with Crippen LogP contribution in [-0.4, -0.2) is 23.0 Å². The predicted octanol–water partition coefficient (Wildman–Crippen LogP) is 2.04. The molecule has 0 unspecified atom stereocenters. The van der Waals surface area contributed by atoms with Crippen molar-refractivity contribution >= 4 is 17.7 Å². The minimum atomic E-state index is -0.0893. The highest BCUT2D eigenvalue weighted by molar-refractivity contribution is 7.99. The number of nitrogens with one attached hydrogen (secondary N) is 1. The summed E-state index contributed by atoms with van der Waals surface area (Å²) in [4.78, 5) is 11.2. The zero-order valence-corrected chi connectivity index (χ0v) is 9.25. The summed E-state index contributed by atoms with van der Waals surface area (Å²) in [7, 11) is 0. The molecule has 72 valence electrons. The van der Waals surface area contributed by atoms with Crippen LogP contribution in [0.3, 0.4) is 0 Å². The number of amides is 1. The third kappa shape index (κ3) is 7.92. The van der Waals surface area contributed by atoms with E-state index in [1.165, 1.54) is 0 Å². The van der Waals surface area contributed by atoms with Crippen LogP contribution >= 0.6 is 11.8 Å². The van der Waals surface area contributed by atoms with Gasteiger partial charge in [-0.3, -0.25) is 4.79 Å². The molecule has 0 aromatic carbocycles. The van der Waals surface area contributed by atoms with E-state index in [1.54, 1.807) is 11.8 Å². The maximum atomic E-state index is 11.2. The van der Waals surface area contributed by atoms with Crippen molar-refractivity contribution in [2.24, 2.45) is 0 Å². The Morgan fingerprint density at radius 3 is 2.42 bits per heavy atom. The Labute approximate surface area is 79.5 Å². The number of thioether (sulfide) groups is 1. The van der Waals surface area contributed by atoms with Gasteiger partial charge in [-0.1, -0.05) is 6.92 Å². The first-order chi connectivity index (χ1) is 5.45. The van der Waals surface area contributed by atoms with E-state index in [9.17, 15) is 4.79 Å². The molecule has 0 spiro atoms. The van der Waals surface area contributed by atoms with Crippen molar-refractivity contribution in [3.63, 3.8) is 0 Å². The van der Waals surface area contributed by atoms with Gasteiger partial charge in [-0.2, -0.15) is 11.8 Å². The molecule has 1 N–H and O–H groups in total. The second-order valence-electron chi connectivity index (χ2n) is 3.75. The smallest absolute Gasteiger partial charge is 0.221 e. The third-order valence-electron chi connectivity index (χ3n) is 1.19. The largest absolute Gasteiger partial charge is 0.351 e. The minimum Gasteiger partial charge on any atom is -0.351 e. The number of hydrogen-bond donors (Lipinski definition) is 1. The van der Waals surface area contributed by atoms with Crippen LogP contribution in [0.2, 0.25) is 0 Å². The molecule has 0 aliphatic heterocycles. The Kier molecular flexibility index (Phi) is 5.38. The van der Waals surface area contributed by atoms with Crippen LogP contribution in [0.5, 0.6) is 0 Å². The lowest BCUT2D eigenvalue weighted by atomic mass is 10.1. The van der Waals surface area contributed by atoms with E-state index < -0.39 is 0 Å². The molecule has 2 nitrogen and oxygen atoms in total. The zero-order valence-electron chi connectivity index (χ0n) is 8.44. The summed E-state index contributed by atoms with van der Waals surface area (Å²) in [6.07, 6.45) is 0.635. The molecule has 1 amide bonds. The molecule has 0 saturated heterocycles. The molecule has 12 heavy (non-hydrogen) atoms. The lowest BCUT2D eigenvalue weighted by molar-refractivity contribution is -0.122. The molecule has 0 fully saturated rings.